The van der Waals surface area contributed by atoms with Gasteiger partial charge in [-0.2, -0.15) is 0 Å². The molecule has 0 spiro atoms. The van der Waals surface area contributed by atoms with Crippen molar-refractivity contribution < 1.29 is 9.18 Å². The first-order valence-corrected chi connectivity index (χ1v) is 8.87. The zero-order valence-corrected chi connectivity index (χ0v) is 15.3. The van der Waals surface area contributed by atoms with Crippen LogP contribution in [0.15, 0.2) is 42.5 Å². The lowest BCUT2D eigenvalue weighted by molar-refractivity contribution is 0.211. The Labute approximate surface area is 149 Å². The minimum atomic E-state index is -0.237. The fourth-order valence-electron chi connectivity index (χ4n) is 2.73. The number of unbranched alkanes of at least 4 members (excludes halogenated alkanes) is 1. The molecule has 0 unspecified atom stereocenters. The van der Waals surface area contributed by atoms with Crippen LogP contribution in [0.25, 0.3) is 0 Å². The van der Waals surface area contributed by atoms with Gasteiger partial charge in [-0.05, 0) is 56.0 Å². The van der Waals surface area contributed by atoms with E-state index in [1.54, 1.807) is 12.1 Å². The van der Waals surface area contributed by atoms with Gasteiger partial charge in [0, 0.05) is 18.8 Å². The van der Waals surface area contributed by atoms with E-state index < -0.39 is 0 Å². The second-order valence-electron chi connectivity index (χ2n) is 6.47. The summed E-state index contributed by atoms with van der Waals surface area (Å²) < 4.78 is 13.0. The second-order valence-corrected chi connectivity index (χ2v) is 6.47. The lowest BCUT2D eigenvalue weighted by Crippen LogP contribution is -2.37. The van der Waals surface area contributed by atoms with Crippen LogP contribution in [0.3, 0.4) is 0 Å². The first-order chi connectivity index (χ1) is 12.0. The van der Waals surface area contributed by atoms with E-state index in [0.717, 1.165) is 29.7 Å². The highest BCUT2D eigenvalue weighted by molar-refractivity contribution is 5.90. The van der Waals surface area contributed by atoms with Gasteiger partial charge >= 0.3 is 6.03 Å². The van der Waals surface area contributed by atoms with Crippen molar-refractivity contribution in [1.29, 1.82) is 0 Å². The summed E-state index contributed by atoms with van der Waals surface area (Å²) in [6, 6.07) is 12.4. The van der Waals surface area contributed by atoms with Crippen LogP contribution in [0.1, 0.15) is 36.5 Å². The summed E-state index contributed by atoms with van der Waals surface area (Å²) in [7, 11) is 0. The van der Waals surface area contributed by atoms with Crippen LogP contribution in [0, 0.1) is 19.7 Å². The predicted octanol–water partition coefficient (Wildman–Crippen LogP) is 5.32. The van der Waals surface area contributed by atoms with Crippen LogP contribution in [0.2, 0.25) is 0 Å². The molecule has 2 aromatic rings. The quantitative estimate of drug-likeness (QED) is 0.726. The Kier molecular flexibility index (Phi) is 6.99. The van der Waals surface area contributed by atoms with E-state index in [-0.39, 0.29) is 11.8 Å². The van der Waals surface area contributed by atoms with Crippen LogP contribution < -0.4 is 5.32 Å². The van der Waals surface area contributed by atoms with Gasteiger partial charge in [0.25, 0.3) is 0 Å². The molecule has 2 aromatic carbocycles. The first-order valence-electron chi connectivity index (χ1n) is 8.87. The molecule has 0 bridgehead atoms. The third kappa shape index (κ3) is 5.89. The molecule has 0 fully saturated rings. The molecule has 0 saturated heterocycles. The molecule has 0 aliphatic rings. The number of amides is 2. The number of hydrogen-bond acceptors (Lipinski definition) is 1. The number of urea groups is 1. The highest BCUT2D eigenvalue weighted by atomic mass is 19.1. The van der Waals surface area contributed by atoms with Crippen molar-refractivity contribution in [2.45, 2.75) is 40.0 Å². The lowest BCUT2D eigenvalue weighted by atomic mass is 10.1. The fourth-order valence-corrected chi connectivity index (χ4v) is 2.73. The minimum Gasteiger partial charge on any atom is -0.324 e. The number of aryl methyl sites for hydroxylation is 2. The van der Waals surface area contributed by atoms with Gasteiger partial charge in [0.2, 0.25) is 0 Å². The summed E-state index contributed by atoms with van der Waals surface area (Å²) >= 11 is 0. The van der Waals surface area contributed by atoms with E-state index in [2.05, 4.69) is 18.3 Å². The number of anilines is 1. The summed E-state index contributed by atoms with van der Waals surface area (Å²) in [6.07, 6.45) is 2.71. The van der Waals surface area contributed by atoms with Gasteiger partial charge < -0.3 is 10.2 Å². The molecule has 134 valence electrons. The number of benzene rings is 2. The van der Waals surface area contributed by atoms with Crippen molar-refractivity contribution in [3.63, 3.8) is 0 Å². The van der Waals surface area contributed by atoms with Gasteiger partial charge in [0.1, 0.15) is 5.82 Å². The Bertz CT molecular complexity index is 698. The third-order valence-corrected chi connectivity index (χ3v) is 4.28. The smallest absolute Gasteiger partial charge is 0.321 e. The first kappa shape index (κ1) is 19.0. The number of carbonyl (C=O) groups excluding carboxylic acids is 1. The van der Waals surface area contributed by atoms with Gasteiger partial charge in [0.15, 0.2) is 0 Å². The summed E-state index contributed by atoms with van der Waals surface area (Å²) in [4.78, 5) is 14.5. The Balaban J connectivity index is 2.01. The Morgan fingerprint density at radius 2 is 1.80 bits per heavy atom. The highest BCUT2D eigenvalue weighted by Gasteiger charge is 2.14. The SMILES string of the molecule is CCCCN(CCc1ccc(F)cc1)C(=O)Nc1ccc(C)cc1C. The Morgan fingerprint density at radius 3 is 2.44 bits per heavy atom. The third-order valence-electron chi connectivity index (χ3n) is 4.28. The molecule has 0 atom stereocenters. The van der Waals surface area contributed by atoms with Crippen molar-refractivity contribution in [1.82, 2.24) is 4.90 Å². The number of nitrogens with zero attached hydrogens (tertiary/aromatic N) is 1. The topological polar surface area (TPSA) is 32.3 Å². The minimum absolute atomic E-state index is 0.0810. The van der Waals surface area contributed by atoms with Crippen molar-refractivity contribution in [2.24, 2.45) is 0 Å². The van der Waals surface area contributed by atoms with E-state index in [1.165, 1.54) is 17.7 Å². The molecule has 2 amide bonds. The largest absolute Gasteiger partial charge is 0.324 e. The zero-order valence-electron chi connectivity index (χ0n) is 15.3. The molecule has 0 aliphatic carbocycles. The summed E-state index contributed by atoms with van der Waals surface area (Å²) in [6.45, 7) is 7.48. The fraction of sp³-hybridized carbons (Fsp3) is 0.381. The van der Waals surface area contributed by atoms with Gasteiger partial charge in [0.05, 0.1) is 0 Å². The molecular formula is C21H27FN2O. The van der Waals surface area contributed by atoms with E-state index >= 15 is 0 Å². The molecular weight excluding hydrogens is 315 g/mol. The average Bonchev–Trinajstić information content (AvgIpc) is 2.59. The summed E-state index contributed by atoms with van der Waals surface area (Å²) in [5, 5.41) is 3.02. The summed E-state index contributed by atoms with van der Waals surface area (Å²) in [5.41, 5.74) is 4.11. The summed E-state index contributed by atoms with van der Waals surface area (Å²) in [5.74, 6) is -0.237. The monoisotopic (exact) mass is 342 g/mol. The van der Waals surface area contributed by atoms with E-state index in [0.29, 0.717) is 19.5 Å². The second kappa shape index (κ2) is 9.21. The van der Waals surface area contributed by atoms with Crippen LogP contribution in [-0.2, 0) is 6.42 Å². The van der Waals surface area contributed by atoms with Crippen LogP contribution in [0.5, 0.6) is 0 Å². The maximum atomic E-state index is 13.0. The molecule has 3 nitrogen and oxygen atoms in total. The Hall–Kier alpha value is -2.36. The van der Waals surface area contributed by atoms with Crippen LogP contribution in [0.4, 0.5) is 14.9 Å². The zero-order chi connectivity index (χ0) is 18.2. The van der Waals surface area contributed by atoms with Crippen molar-refractivity contribution in [2.75, 3.05) is 18.4 Å². The van der Waals surface area contributed by atoms with Gasteiger partial charge in [-0.1, -0.05) is 43.2 Å². The van der Waals surface area contributed by atoms with Gasteiger partial charge in [-0.15, -0.1) is 0 Å². The van der Waals surface area contributed by atoms with E-state index in [9.17, 15) is 9.18 Å². The number of halogens is 1. The molecule has 0 aliphatic heterocycles. The van der Waals surface area contributed by atoms with Crippen molar-refractivity contribution in [3.05, 3.63) is 65.0 Å². The molecule has 2 rings (SSSR count). The Morgan fingerprint density at radius 1 is 1.08 bits per heavy atom. The van der Waals surface area contributed by atoms with E-state index in [4.69, 9.17) is 0 Å². The number of rotatable bonds is 7. The standard InChI is InChI=1S/C21H27FN2O/c1-4-5-13-24(14-12-18-7-9-19(22)10-8-18)21(25)23-20-11-6-16(2)15-17(20)3/h6-11,15H,4-5,12-14H2,1-3H3,(H,23,25). The lowest BCUT2D eigenvalue weighted by Gasteiger charge is -2.23. The molecule has 0 saturated carbocycles. The molecule has 4 heteroatoms. The number of hydrogen-bond donors (Lipinski definition) is 1. The number of carbonyl (C=O) groups is 1. The van der Waals surface area contributed by atoms with Gasteiger partial charge in [-0.25, -0.2) is 9.18 Å². The molecule has 0 heterocycles. The van der Waals surface area contributed by atoms with E-state index in [1.807, 2.05) is 30.9 Å². The normalized spacial score (nSPS) is 10.6. The molecule has 25 heavy (non-hydrogen) atoms. The van der Waals surface area contributed by atoms with Crippen LogP contribution >= 0.6 is 0 Å². The molecule has 0 radical (unpaired) electrons. The van der Waals surface area contributed by atoms with Gasteiger partial charge in [-0.3, -0.25) is 0 Å². The maximum absolute atomic E-state index is 13.0. The van der Waals surface area contributed by atoms with Crippen molar-refractivity contribution >= 4 is 11.7 Å². The van der Waals surface area contributed by atoms with Crippen LogP contribution in [-0.4, -0.2) is 24.0 Å². The molecule has 1 N–H and O–H groups in total. The average molecular weight is 342 g/mol. The predicted molar refractivity (Wildman–Crippen MR) is 102 cm³/mol. The van der Waals surface area contributed by atoms with Crippen molar-refractivity contribution in [3.8, 4) is 0 Å². The number of nitrogens with one attached hydrogen (secondary N) is 1. The molecule has 0 aromatic heterocycles. The highest BCUT2D eigenvalue weighted by Crippen LogP contribution is 2.17. The maximum Gasteiger partial charge on any atom is 0.321 e.